The second-order valence-corrected chi connectivity index (χ2v) is 5.06. The highest BCUT2D eigenvalue weighted by Gasteiger charge is 2.30. The van der Waals surface area contributed by atoms with Crippen LogP contribution in [0.15, 0.2) is 12.2 Å². The van der Waals surface area contributed by atoms with Gasteiger partial charge in [0.05, 0.1) is 6.61 Å². The van der Waals surface area contributed by atoms with Crippen molar-refractivity contribution in [1.82, 2.24) is 15.5 Å². The van der Waals surface area contributed by atoms with Gasteiger partial charge in [0.15, 0.2) is 0 Å². The Balaban J connectivity index is 2.44. The van der Waals surface area contributed by atoms with Crippen molar-refractivity contribution < 1.29 is 24.3 Å². The molecule has 0 aromatic carbocycles. The van der Waals surface area contributed by atoms with Crippen molar-refractivity contribution in [2.45, 2.75) is 25.8 Å². The average Bonchev–Trinajstić information content (AvgIpc) is 2.72. The summed E-state index contributed by atoms with van der Waals surface area (Å²) >= 11 is 0. The molecule has 0 aromatic rings. The molecule has 0 aliphatic carbocycles. The smallest absolute Gasteiger partial charge is 0.253 e. The first-order chi connectivity index (χ1) is 9.77. The molecular weight excluding hydrogens is 278 g/mol. The highest BCUT2D eigenvalue weighted by atomic mass is 16.3. The lowest BCUT2D eigenvalue weighted by atomic mass is 10.0. The van der Waals surface area contributed by atoms with Crippen LogP contribution in [-0.2, 0) is 19.2 Å². The van der Waals surface area contributed by atoms with Gasteiger partial charge in [0.1, 0.15) is 5.54 Å². The third-order valence-electron chi connectivity index (χ3n) is 2.88. The summed E-state index contributed by atoms with van der Waals surface area (Å²) in [6.45, 7) is 2.91. The molecule has 1 aliphatic heterocycles. The highest BCUT2D eigenvalue weighted by Crippen LogP contribution is 2.06. The van der Waals surface area contributed by atoms with E-state index in [-0.39, 0.29) is 26.1 Å². The van der Waals surface area contributed by atoms with Crippen molar-refractivity contribution in [3.63, 3.8) is 0 Å². The van der Waals surface area contributed by atoms with Gasteiger partial charge in [0.25, 0.3) is 11.8 Å². The van der Waals surface area contributed by atoms with Gasteiger partial charge in [-0.1, -0.05) is 0 Å². The quantitative estimate of drug-likeness (QED) is 0.485. The van der Waals surface area contributed by atoms with Crippen LogP contribution >= 0.6 is 0 Å². The number of nitrogens with one attached hydrogen (secondary N) is 2. The minimum Gasteiger partial charge on any atom is -0.395 e. The van der Waals surface area contributed by atoms with Crippen molar-refractivity contribution in [2.24, 2.45) is 0 Å². The fourth-order valence-corrected chi connectivity index (χ4v) is 1.72. The molecular formula is C13H19N3O5. The molecule has 3 N–H and O–H groups in total. The minimum atomic E-state index is -1.15. The predicted octanol–water partition coefficient (Wildman–Crippen LogP) is -1.70. The standard InChI is InChI=1S/C13H19N3O5/c1-13(2,12(21)14-6-8-17)15-9(18)5-7-16-10(19)3-4-11(16)20/h3-4,17H,5-8H2,1-2H3,(H,14,21)(H,15,18). The van der Waals surface area contributed by atoms with Gasteiger partial charge in [-0.2, -0.15) is 0 Å². The Labute approximate surface area is 122 Å². The molecule has 8 heteroatoms. The lowest BCUT2D eigenvalue weighted by molar-refractivity contribution is -0.138. The summed E-state index contributed by atoms with van der Waals surface area (Å²) in [7, 11) is 0. The Morgan fingerprint density at radius 2 is 1.81 bits per heavy atom. The molecule has 1 heterocycles. The van der Waals surface area contributed by atoms with Gasteiger partial charge in [0, 0.05) is 31.7 Å². The molecule has 0 unspecified atom stereocenters. The van der Waals surface area contributed by atoms with Gasteiger partial charge in [-0.15, -0.1) is 0 Å². The minimum absolute atomic E-state index is 0.0369. The van der Waals surface area contributed by atoms with E-state index in [0.717, 1.165) is 17.1 Å². The number of aliphatic hydroxyl groups excluding tert-OH is 1. The van der Waals surface area contributed by atoms with Crippen LogP contribution in [0.5, 0.6) is 0 Å². The molecule has 21 heavy (non-hydrogen) atoms. The number of hydrogen-bond donors (Lipinski definition) is 3. The van der Waals surface area contributed by atoms with Gasteiger partial charge in [0.2, 0.25) is 11.8 Å². The maximum atomic E-state index is 11.8. The molecule has 0 saturated carbocycles. The zero-order valence-corrected chi connectivity index (χ0v) is 12.0. The van der Waals surface area contributed by atoms with E-state index in [0.29, 0.717) is 0 Å². The summed E-state index contributed by atoms with van der Waals surface area (Å²) in [6.07, 6.45) is 2.20. The summed E-state index contributed by atoms with van der Waals surface area (Å²) in [5, 5.41) is 13.6. The fraction of sp³-hybridized carbons (Fsp3) is 0.538. The zero-order chi connectivity index (χ0) is 16.0. The van der Waals surface area contributed by atoms with E-state index in [1.807, 2.05) is 0 Å². The Hall–Kier alpha value is -2.22. The maximum absolute atomic E-state index is 11.8. The van der Waals surface area contributed by atoms with Gasteiger partial charge in [-0.05, 0) is 13.8 Å². The number of carbonyl (C=O) groups excluding carboxylic acids is 4. The molecule has 0 aromatic heterocycles. The predicted molar refractivity (Wildman–Crippen MR) is 72.8 cm³/mol. The van der Waals surface area contributed by atoms with Crippen molar-refractivity contribution in [2.75, 3.05) is 19.7 Å². The van der Waals surface area contributed by atoms with Crippen molar-refractivity contribution >= 4 is 23.6 Å². The summed E-state index contributed by atoms with van der Waals surface area (Å²) in [6, 6.07) is 0. The van der Waals surface area contributed by atoms with Crippen molar-refractivity contribution in [1.29, 1.82) is 0 Å². The van der Waals surface area contributed by atoms with E-state index in [4.69, 9.17) is 5.11 Å². The largest absolute Gasteiger partial charge is 0.395 e. The van der Waals surface area contributed by atoms with Crippen LogP contribution in [0.25, 0.3) is 0 Å². The third kappa shape index (κ3) is 4.67. The van der Waals surface area contributed by atoms with Gasteiger partial charge in [-0.3, -0.25) is 24.1 Å². The topological polar surface area (TPSA) is 116 Å². The van der Waals surface area contributed by atoms with E-state index in [1.54, 1.807) is 0 Å². The number of hydrogen-bond acceptors (Lipinski definition) is 5. The average molecular weight is 297 g/mol. The third-order valence-corrected chi connectivity index (χ3v) is 2.88. The molecule has 8 nitrogen and oxygen atoms in total. The first-order valence-corrected chi connectivity index (χ1v) is 6.51. The number of aliphatic hydroxyl groups is 1. The molecule has 0 radical (unpaired) electrons. The Bertz CT molecular complexity index is 466. The molecule has 0 spiro atoms. The molecule has 1 rings (SSSR count). The maximum Gasteiger partial charge on any atom is 0.253 e. The first kappa shape index (κ1) is 16.8. The van der Waals surface area contributed by atoms with Gasteiger partial charge in [-0.25, -0.2) is 0 Å². The summed E-state index contributed by atoms with van der Waals surface area (Å²) in [5.74, 6) is -1.79. The van der Waals surface area contributed by atoms with Crippen LogP contribution in [0.3, 0.4) is 0 Å². The number of amides is 4. The summed E-state index contributed by atoms with van der Waals surface area (Å²) < 4.78 is 0. The van der Waals surface area contributed by atoms with E-state index in [2.05, 4.69) is 10.6 Å². The van der Waals surface area contributed by atoms with Crippen molar-refractivity contribution in [3.05, 3.63) is 12.2 Å². The van der Waals surface area contributed by atoms with Crippen LogP contribution in [0.4, 0.5) is 0 Å². The Morgan fingerprint density at radius 1 is 1.24 bits per heavy atom. The normalized spacial score (nSPS) is 14.5. The lowest BCUT2D eigenvalue weighted by Crippen LogP contribution is -2.55. The first-order valence-electron chi connectivity index (χ1n) is 6.51. The molecule has 116 valence electrons. The number of rotatable bonds is 7. The Morgan fingerprint density at radius 3 is 2.33 bits per heavy atom. The molecule has 0 saturated heterocycles. The van der Waals surface area contributed by atoms with E-state index in [1.165, 1.54) is 13.8 Å². The second-order valence-electron chi connectivity index (χ2n) is 5.06. The van der Waals surface area contributed by atoms with E-state index >= 15 is 0 Å². The summed E-state index contributed by atoms with van der Waals surface area (Å²) in [4.78, 5) is 47.1. The number of nitrogens with zero attached hydrogens (tertiary/aromatic N) is 1. The van der Waals surface area contributed by atoms with E-state index < -0.39 is 29.2 Å². The molecule has 0 atom stereocenters. The molecule has 4 amide bonds. The number of carbonyl (C=O) groups is 4. The van der Waals surface area contributed by atoms with E-state index in [9.17, 15) is 19.2 Å². The van der Waals surface area contributed by atoms with Crippen molar-refractivity contribution in [3.8, 4) is 0 Å². The van der Waals surface area contributed by atoms with Gasteiger partial charge < -0.3 is 15.7 Å². The molecule has 0 bridgehead atoms. The van der Waals surface area contributed by atoms with Crippen LogP contribution < -0.4 is 10.6 Å². The fourth-order valence-electron chi connectivity index (χ4n) is 1.72. The SMILES string of the molecule is CC(C)(NC(=O)CCN1C(=O)C=CC1=O)C(=O)NCCO. The van der Waals surface area contributed by atoms with Crippen LogP contribution in [0.2, 0.25) is 0 Å². The van der Waals surface area contributed by atoms with Gasteiger partial charge >= 0.3 is 0 Å². The van der Waals surface area contributed by atoms with Crippen LogP contribution in [-0.4, -0.2) is 58.9 Å². The highest BCUT2D eigenvalue weighted by molar-refractivity contribution is 6.13. The summed E-state index contributed by atoms with van der Waals surface area (Å²) in [5.41, 5.74) is -1.15. The Kier molecular flexibility index (Phi) is 5.60. The molecule has 0 fully saturated rings. The monoisotopic (exact) mass is 297 g/mol. The van der Waals surface area contributed by atoms with Crippen LogP contribution in [0, 0.1) is 0 Å². The lowest BCUT2D eigenvalue weighted by Gasteiger charge is -2.25. The zero-order valence-electron chi connectivity index (χ0n) is 12.0. The second kappa shape index (κ2) is 6.98. The molecule has 1 aliphatic rings. The van der Waals surface area contributed by atoms with Crippen LogP contribution in [0.1, 0.15) is 20.3 Å². The number of imide groups is 1.